The molecule has 122 valence electrons. The van der Waals surface area contributed by atoms with Crippen LogP contribution in [0.2, 0.25) is 4.34 Å². The topological polar surface area (TPSA) is 44.8 Å². The maximum atomic E-state index is 12.1. The summed E-state index contributed by atoms with van der Waals surface area (Å²) in [6.45, 7) is 5.74. The largest absolute Gasteiger partial charge is 0.376 e. The zero-order valence-corrected chi connectivity index (χ0v) is 14.2. The van der Waals surface area contributed by atoms with Crippen LogP contribution >= 0.6 is 22.9 Å². The molecule has 2 aliphatic rings. The van der Waals surface area contributed by atoms with E-state index in [1.54, 1.807) is 11.3 Å². The van der Waals surface area contributed by atoms with Crippen LogP contribution in [0.5, 0.6) is 0 Å². The first kappa shape index (κ1) is 16.1. The van der Waals surface area contributed by atoms with Gasteiger partial charge in [0.05, 0.1) is 10.4 Å². The van der Waals surface area contributed by atoms with E-state index in [-0.39, 0.29) is 12.1 Å². The summed E-state index contributed by atoms with van der Waals surface area (Å²) < 4.78 is 6.36. The minimum atomic E-state index is 0.0364. The van der Waals surface area contributed by atoms with Crippen LogP contribution in [-0.2, 0) is 11.3 Å². The highest BCUT2D eigenvalue weighted by atomic mass is 35.5. The second kappa shape index (κ2) is 7.64. The zero-order chi connectivity index (χ0) is 15.4. The van der Waals surface area contributed by atoms with Gasteiger partial charge in [-0.15, -0.1) is 11.3 Å². The van der Waals surface area contributed by atoms with Gasteiger partial charge in [0.25, 0.3) is 0 Å². The van der Waals surface area contributed by atoms with Gasteiger partial charge in [0.1, 0.15) is 0 Å². The average molecular weight is 344 g/mol. The number of piperazine rings is 1. The first-order valence-electron chi connectivity index (χ1n) is 7.81. The van der Waals surface area contributed by atoms with Crippen molar-refractivity contribution in [3.63, 3.8) is 0 Å². The van der Waals surface area contributed by atoms with Crippen LogP contribution in [0.15, 0.2) is 12.1 Å². The highest BCUT2D eigenvalue weighted by molar-refractivity contribution is 7.16. The number of hydrogen-bond acceptors (Lipinski definition) is 4. The van der Waals surface area contributed by atoms with E-state index in [0.717, 1.165) is 56.5 Å². The number of urea groups is 1. The van der Waals surface area contributed by atoms with E-state index in [9.17, 15) is 4.79 Å². The lowest BCUT2D eigenvalue weighted by Crippen LogP contribution is -2.52. The van der Waals surface area contributed by atoms with Gasteiger partial charge in [0.15, 0.2) is 0 Å². The van der Waals surface area contributed by atoms with Crippen molar-refractivity contribution in [3.8, 4) is 0 Å². The fraction of sp³-hybridized carbons (Fsp3) is 0.667. The third-order valence-corrected chi connectivity index (χ3v) is 5.39. The molecule has 0 radical (unpaired) electrons. The molecule has 7 heteroatoms. The number of halogens is 1. The number of nitrogens with one attached hydrogen (secondary N) is 1. The van der Waals surface area contributed by atoms with Gasteiger partial charge in [0, 0.05) is 50.8 Å². The van der Waals surface area contributed by atoms with Gasteiger partial charge in [0.2, 0.25) is 0 Å². The number of thiophene rings is 1. The van der Waals surface area contributed by atoms with Crippen molar-refractivity contribution in [3.05, 3.63) is 21.3 Å². The summed E-state index contributed by atoms with van der Waals surface area (Å²) >= 11 is 7.59. The molecular weight excluding hydrogens is 322 g/mol. The van der Waals surface area contributed by atoms with Crippen LogP contribution in [0.4, 0.5) is 4.79 Å². The molecule has 1 aromatic heterocycles. The van der Waals surface area contributed by atoms with E-state index in [2.05, 4.69) is 16.3 Å². The predicted octanol–water partition coefficient (Wildman–Crippen LogP) is 2.41. The highest BCUT2D eigenvalue weighted by Gasteiger charge is 2.23. The number of amides is 2. The summed E-state index contributed by atoms with van der Waals surface area (Å²) in [7, 11) is 0. The Morgan fingerprint density at radius 3 is 2.82 bits per heavy atom. The van der Waals surface area contributed by atoms with Crippen molar-refractivity contribution >= 4 is 29.0 Å². The minimum absolute atomic E-state index is 0.0364. The number of carbonyl (C=O) groups excluding carboxylic acids is 1. The number of nitrogens with zero attached hydrogens (tertiary/aromatic N) is 2. The quantitative estimate of drug-likeness (QED) is 0.913. The molecule has 3 rings (SSSR count). The Labute approximate surface area is 140 Å². The first-order valence-corrected chi connectivity index (χ1v) is 9.01. The summed E-state index contributed by atoms with van der Waals surface area (Å²) in [4.78, 5) is 17.7. The van der Waals surface area contributed by atoms with Gasteiger partial charge in [-0.05, 0) is 25.0 Å². The van der Waals surface area contributed by atoms with Crippen molar-refractivity contribution in [2.45, 2.75) is 25.5 Å². The molecule has 0 unspecified atom stereocenters. The third-order valence-electron chi connectivity index (χ3n) is 4.17. The molecule has 0 spiro atoms. The Morgan fingerprint density at radius 1 is 1.36 bits per heavy atom. The fourth-order valence-corrected chi connectivity index (χ4v) is 4.01. The monoisotopic (exact) mass is 343 g/mol. The van der Waals surface area contributed by atoms with E-state index in [1.165, 1.54) is 4.88 Å². The smallest absolute Gasteiger partial charge is 0.317 e. The molecule has 2 saturated heterocycles. The van der Waals surface area contributed by atoms with Crippen molar-refractivity contribution < 1.29 is 9.53 Å². The normalized spacial score (nSPS) is 23.0. The molecule has 0 bridgehead atoms. The van der Waals surface area contributed by atoms with Crippen LogP contribution in [-0.4, -0.2) is 61.3 Å². The molecule has 0 aromatic carbocycles. The molecule has 1 atom stereocenters. The maximum absolute atomic E-state index is 12.1. The van der Waals surface area contributed by atoms with E-state index >= 15 is 0 Å². The molecule has 2 fully saturated rings. The zero-order valence-electron chi connectivity index (χ0n) is 12.6. The molecule has 1 N–H and O–H groups in total. The average Bonchev–Trinajstić information content (AvgIpc) is 3.17. The first-order chi connectivity index (χ1) is 10.7. The van der Waals surface area contributed by atoms with Crippen molar-refractivity contribution in [2.24, 2.45) is 0 Å². The van der Waals surface area contributed by atoms with Crippen molar-refractivity contribution in [1.29, 1.82) is 0 Å². The Morgan fingerprint density at radius 2 is 2.18 bits per heavy atom. The Kier molecular flexibility index (Phi) is 5.57. The molecule has 0 aliphatic carbocycles. The van der Waals surface area contributed by atoms with Crippen molar-refractivity contribution in [1.82, 2.24) is 15.1 Å². The number of carbonyl (C=O) groups is 1. The molecule has 0 saturated carbocycles. The predicted molar refractivity (Wildman–Crippen MR) is 88.6 cm³/mol. The Balaban J connectivity index is 1.38. The van der Waals surface area contributed by atoms with E-state index < -0.39 is 0 Å². The van der Waals surface area contributed by atoms with Gasteiger partial charge < -0.3 is 15.0 Å². The standard InChI is InChI=1S/C15H22ClN3O2S/c16-14-4-3-13(22-14)11-18-5-7-19(8-6-18)15(20)17-10-12-2-1-9-21-12/h3-4,12H,1-2,5-11H2,(H,17,20)/t12-/m0/s1. The number of rotatable bonds is 4. The summed E-state index contributed by atoms with van der Waals surface area (Å²) in [6.07, 6.45) is 2.36. The van der Waals surface area contributed by atoms with Gasteiger partial charge >= 0.3 is 6.03 Å². The second-order valence-electron chi connectivity index (χ2n) is 5.79. The molecule has 3 heterocycles. The van der Waals surface area contributed by atoms with Crippen LogP contribution in [0.1, 0.15) is 17.7 Å². The summed E-state index contributed by atoms with van der Waals surface area (Å²) in [6, 6.07) is 4.05. The minimum Gasteiger partial charge on any atom is -0.376 e. The van der Waals surface area contributed by atoms with Gasteiger partial charge in [-0.25, -0.2) is 4.79 Å². The van der Waals surface area contributed by atoms with Gasteiger partial charge in [-0.1, -0.05) is 11.6 Å². The van der Waals surface area contributed by atoms with Gasteiger partial charge in [-0.3, -0.25) is 4.90 Å². The third kappa shape index (κ3) is 4.35. The number of hydrogen-bond donors (Lipinski definition) is 1. The van der Waals surface area contributed by atoms with Gasteiger partial charge in [-0.2, -0.15) is 0 Å². The van der Waals surface area contributed by atoms with Crippen LogP contribution < -0.4 is 5.32 Å². The van der Waals surface area contributed by atoms with E-state index in [4.69, 9.17) is 16.3 Å². The van der Waals surface area contributed by atoms with E-state index in [0.29, 0.717) is 6.54 Å². The number of ether oxygens (including phenoxy) is 1. The Hall–Kier alpha value is -0.820. The summed E-state index contributed by atoms with van der Waals surface area (Å²) in [5, 5.41) is 2.99. The molecule has 1 aromatic rings. The van der Waals surface area contributed by atoms with E-state index in [1.807, 2.05) is 11.0 Å². The molecule has 5 nitrogen and oxygen atoms in total. The lowest BCUT2D eigenvalue weighted by Gasteiger charge is -2.34. The molecule has 2 aliphatic heterocycles. The molecule has 22 heavy (non-hydrogen) atoms. The SMILES string of the molecule is O=C(NC[C@@H]1CCCO1)N1CCN(Cc2ccc(Cl)s2)CC1. The molecular formula is C15H22ClN3O2S. The second-order valence-corrected chi connectivity index (χ2v) is 7.59. The molecule has 2 amide bonds. The van der Waals surface area contributed by atoms with Crippen molar-refractivity contribution in [2.75, 3.05) is 39.3 Å². The lowest BCUT2D eigenvalue weighted by atomic mass is 10.2. The summed E-state index contributed by atoms with van der Waals surface area (Å²) in [5.74, 6) is 0. The summed E-state index contributed by atoms with van der Waals surface area (Å²) in [5.41, 5.74) is 0. The maximum Gasteiger partial charge on any atom is 0.317 e. The van der Waals surface area contributed by atoms with Crippen LogP contribution in [0, 0.1) is 0 Å². The Bertz CT molecular complexity index is 497. The highest BCUT2D eigenvalue weighted by Crippen LogP contribution is 2.23. The lowest BCUT2D eigenvalue weighted by molar-refractivity contribution is 0.104. The van der Waals surface area contributed by atoms with Crippen LogP contribution in [0.25, 0.3) is 0 Å². The fourth-order valence-electron chi connectivity index (χ4n) is 2.88. The van der Waals surface area contributed by atoms with Crippen LogP contribution in [0.3, 0.4) is 0 Å².